The number of aromatic nitrogens is 1. The minimum absolute atomic E-state index is 0.0846. The molecule has 2 aromatic rings. The molecule has 0 bridgehead atoms. The number of amides is 1. The molecule has 138 valence electrons. The average molecular weight is 393 g/mol. The molecule has 2 heterocycles. The summed E-state index contributed by atoms with van der Waals surface area (Å²) in [5.74, 6) is -0.0846. The SMILES string of the molecule is Cc1cc(/C=N/NC(=O)CN2CCCC2)c(C)n1-c1cc(Cl)cc(Cl)c1. The number of aryl methyl sites for hydroxylation is 1. The quantitative estimate of drug-likeness (QED) is 0.618. The average Bonchev–Trinajstić information content (AvgIpc) is 3.15. The Morgan fingerprint density at radius 2 is 1.81 bits per heavy atom. The largest absolute Gasteiger partial charge is 0.318 e. The number of hydrogen-bond donors (Lipinski definition) is 1. The summed E-state index contributed by atoms with van der Waals surface area (Å²) >= 11 is 12.2. The minimum atomic E-state index is -0.0846. The smallest absolute Gasteiger partial charge is 0.254 e. The van der Waals surface area contributed by atoms with Crippen LogP contribution in [0.5, 0.6) is 0 Å². The van der Waals surface area contributed by atoms with Gasteiger partial charge in [-0.25, -0.2) is 5.43 Å². The van der Waals surface area contributed by atoms with Gasteiger partial charge in [-0.3, -0.25) is 9.69 Å². The maximum absolute atomic E-state index is 11.9. The lowest BCUT2D eigenvalue weighted by Crippen LogP contribution is -2.33. The molecule has 1 aliphatic rings. The molecule has 1 N–H and O–H groups in total. The topological polar surface area (TPSA) is 49.6 Å². The van der Waals surface area contributed by atoms with Crippen LogP contribution < -0.4 is 5.43 Å². The van der Waals surface area contributed by atoms with Gasteiger partial charge in [-0.2, -0.15) is 5.10 Å². The molecule has 0 unspecified atom stereocenters. The van der Waals surface area contributed by atoms with E-state index in [0.717, 1.165) is 48.6 Å². The number of hydrazone groups is 1. The van der Waals surface area contributed by atoms with Gasteiger partial charge in [-0.1, -0.05) is 23.2 Å². The standard InChI is InChI=1S/C19H22Cl2N4O/c1-13-7-15(11-22-23-19(26)12-24-5-3-4-6-24)14(2)25(13)18-9-16(20)8-17(21)10-18/h7-11H,3-6,12H2,1-2H3,(H,23,26)/b22-11+. The highest BCUT2D eigenvalue weighted by atomic mass is 35.5. The lowest BCUT2D eigenvalue weighted by Gasteiger charge is -2.12. The van der Waals surface area contributed by atoms with E-state index in [1.807, 2.05) is 32.0 Å². The summed E-state index contributed by atoms with van der Waals surface area (Å²) in [5.41, 5.74) is 6.47. The van der Waals surface area contributed by atoms with Gasteiger partial charge < -0.3 is 4.57 Å². The summed E-state index contributed by atoms with van der Waals surface area (Å²) in [5, 5.41) is 5.29. The van der Waals surface area contributed by atoms with Crippen LogP contribution in [0.2, 0.25) is 10.0 Å². The molecule has 0 spiro atoms. The zero-order valence-corrected chi connectivity index (χ0v) is 16.4. The van der Waals surface area contributed by atoms with Crippen molar-refractivity contribution in [3.63, 3.8) is 0 Å². The number of likely N-dealkylation sites (tertiary alicyclic amines) is 1. The lowest BCUT2D eigenvalue weighted by atomic mass is 10.2. The highest BCUT2D eigenvalue weighted by molar-refractivity contribution is 6.34. The molecule has 3 rings (SSSR count). The van der Waals surface area contributed by atoms with Crippen molar-refractivity contribution in [3.8, 4) is 5.69 Å². The van der Waals surface area contributed by atoms with Crippen molar-refractivity contribution in [1.82, 2.24) is 14.9 Å². The van der Waals surface area contributed by atoms with E-state index in [0.29, 0.717) is 16.6 Å². The van der Waals surface area contributed by atoms with Gasteiger partial charge in [0.1, 0.15) is 0 Å². The van der Waals surface area contributed by atoms with Gasteiger partial charge in [0.25, 0.3) is 5.91 Å². The van der Waals surface area contributed by atoms with Gasteiger partial charge in [-0.05, 0) is 64.0 Å². The third-order valence-corrected chi connectivity index (χ3v) is 4.97. The van der Waals surface area contributed by atoms with E-state index in [9.17, 15) is 4.79 Å². The molecule has 1 aromatic heterocycles. The monoisotopic (exact) mass is 392 g/mol. The van der Waals surface area contributed by atoms with E-state index < -0.39 is 0 Å². The van der Waals surface area contributed by atoms with Gasteiger partial charge in [0.2, 0.25) is 0 Å². The molecular weight excluding hydrogens is 371 g/mol. The Balaban J connectivity index is 1.72. The highest BCUT2D eigenvalue weighted by Crippen LogP contribution is 2.26. The van der Waals surface area contributed by atoms with Crippen molar-refractivity contribution < 1.29 is 4.79 Å². The fourth-order valence-electron chi connectivity index (χ4n) is 3.34. The summed E-state index contributed by atoms with van der Waals surface area (Å²) in [6.07, 6.45) is 4.00. The zero-order chi connectivity index (χ0) is 18.7. The van der Waals surface area contributed by atoms with E-state index in [2.05, 4.69) is 20.0 Å². The van der Waals surface area contributed by atoms with Crippen LogP contribution in [-0.2, 0) is 4.79 Å². The van der Waals surface area contributed by atoms with Gasteiger partial charge >= 0.3 is 0 Å². The maximum atomic E-state index is 11.9. The van der Waals surface area contributed by atoms with E-state index in [-0.39, 0.29) is 5.91 Å². The fourth-order valence-corrected chi connectivity index (χ4v) is 3.85. The Kier molecular flexibility index (Phi) is 6.01. The maximum Gasteiger partial charge on any atom is 0.254 e. The van der Waals surface area contributed by atoms with Crippen molar-refractivity contribution in [1.29, 1.82) is 0 Å². The van der Waals surface area contributed by atoms with E-state index in [1.54, 1.807) is 12.3 Å². The molecule has 1 aromatic carbocycles. The number of carbonyl (C=O) groups is 1. The normalized spacial score (nSPS) is 15.1. The molecule has 0 radical (unpaired) electrons. The number of carbonyl (C=O) groups excluding carboxylic acids is 1. The first-order valence-electron chi connectivity index (χ1n) is 8.64. The number of benzene rings is 1. The third kappa shape index (κ3) is 4.47. The van der Waals surface area contributed by atoms with E-state index in [4.69, 9.17) is 23.2 Å². The third-order valence-electron chi connectivity index (χ3n) is 4.53. The first kappa shape index (κ1) is 19.0. The van der Waals surface area contributed by atoms with Gasteiger partial charge in [0, 0.05) is 32.7 Å². The van der Waals surface area contributed by atoms with Crippen LogP contribution in [-0.4, -0.2) is 41.2 Å². The number of halogens is 2. The lowest BCUT2D eigenvalue weighted by molar-refractivity contribution is -0.121. The molecule has 0 atom stereocenters. The molecule has 0 saturated carbocycles. The summed E-state index contributed by atoms with van der Waals surface area (Å²) in [6.45, 7) is 6.37. The van der Waals surface area contributed by atoms with E-state index in [1.165, 1.54) is 0 Å². The fraction of sp³-hybridized carbons (Fsp3) is 0.368. The molecule has 0 aliphatic carbocycles. The summed E-state index contributed by atoms with van der Waals surface area (Å²) in [6, 6.07) is 7.46. The Morgan fingerprint density at radius 1 is 1.15 bits per heavy atom. The summed E-state index contributed by atoms with van der Waals surface area (Å²) in [4.78, 5) is 14.1. The number of nitrogens with zero attached hydrogens (tertiary/aromatic N) is 3. The second-order valence-corrected chi connectivity index (χ2v) is 7.44. The molecule has 7 heteroatoms. The van der Waals surface area contributed by atoms with Gasteiger partial charge in [0.05, 0.1) is 12.8 Å². The van der Waals surface area contributed by atoms with Crippen molar-refractivity contribution in [2.75, 3.05) is 19.6 Å². The van der Waals surface area contributed by atoms with Crippen molar-refractivity contribution in [2.45, 2.75) is 26.7 Å². The second-order valence-electron chi connectivity index (χ2n) is 6.57. The first-order chi connectivity index (χ1) is 12.4. The van der Waals surface area contributed by atoms with Crippen LogP contribution in [0.25, 0.3) is 5.69 Å². The van der Waals surface area contributed by atoms with Crippen LogP contribution in [0.4, 0.5) is 0 Å². The van der Waals surface area contributed by atoms with Crippen LogP contribution in [0, 0.1) is 13.8 Å². The molecule has 1 fully saturated rings. The number of rotatable bonds is 5. The molecule has 1 amide bonds. The molecular formula is C19H22Cl2N4O. The number of nitrogens with one attached hydrogen (secondary N) is 1. The highest BCUT2D eigenvalue weighted by Gasteiger charge is 2.15. The number of hydrogen-bond acceptors (Lipinski definition) is 3. The predicted molar refractivity (Wildman–Crippen MR) is 107 cm³/mol. The molecule has 1 saturated heterocycles. The molecule has 26 heavy (non-hydrogen) atoms. The molecule has 5 nitrogen and oxygen atoms in total. The van der Waals surface area contributed by atoms with Crippen molar-refractivity contribution in [3.05, 3.63) is 51.3 Å². The zero-order valence-electron chi connectivity index (χ0n) is 14.9. The van der Waals surface area contributed by atoms with Gasteiger partial charge in [-0.15, -0.1) is 0 Å². The van der Waals surface area contributed by atoms with Crippen LogP contribution in [0.15, 0.2) is 29.4 Å². The summed E-state index contributed by atoms with van der Waals surface area (Å²) < 4.78 is 2.06. The Bertz CT molecular complexity index is 818. The predicted octanol–water partition coefficient (Wildman–Crippen LogP) is 3.95. The molecule has 1 aliphatic heterocycles. The van der Waals surface area contributed by atoms with E-state index >= 15 is 0 Å². The van der Waals surface area contributed by atoms with Crippen LogP contribution in [0.3, 0.4) is 0 Å². The van der Waals surface area contributed by atoms with Crippen LogP contribution in [0.1, 0.15) is 29.8 Å². The minimum Gasteiger partial charge on any atom is -0.318 e. The van der Waals surface area contributed by atoms with Gasteiger partial charge in [0.15, 0.2) is 0 Å². The Morgan fingerprint density at radius 3 is 2.46 bits per heavy atom. The first-order valence-corrected chi connectivity index (χ1v) is 9.39. The Labute approximate surface area is 163 Å². The van der Waals surface area contributed by atoms with Crippen molar-refractivity contribution >= 4 is 35.3 Å². The summed E-state index contributed by atoms with van der Waals surface area (Å²) in [7, 11) is 0. The Hall–Kier alpha value is -1.82. The second kappa shape index (κ2) is 8.25. The van der Waals surface area contributed by atoms with Crippen molar-refractivity contribution in [2.24, 2.45) is 5.10 Å². The van der Waals surface area contributed by atoms with Crippen LogP contribution >= 0.6 is 23.2 Å².